The molecule has 0 spiro atoms. The standard InChI is InChI=1S/C12H12BrN3/c1-16(11-5-3-2-4-6-11)12-14-8-10(7-13)9-15-12/h2-6,8-9H,7H2,1H3. The first-order valence-electron chi connectivity index (χ1n) is 4.97. The van der Waals surface area contributed by atoms with Crippen molar-refractivity contribution < 1.29 is 0 Å². The van der Waals surface area contributed by atoms with Gasteiger partial charge in [-0.25, -0.2) is 9.97 Å². The van der Waals surface area contributed by atoms with Crippen molar-refractivity contribution in [2.24, 2.45) is 0 Å². The second kappa shape index (κ2) is 5.07. The van der Waals surface area contributed by atoms with Crippen LogP contribution in [-0.4, -0.2) is 17.0 Å². The van der Waals surface area contributed by atoms with Gasteiger partial charge in [0.1, 0.15) is 0 Å². The van der Waals surface area contributed by atoms with E-state index in [1.807, 2.05) is 54.7 Å². The van der Waals surface area contributed by atoms with E-state index in [9.17, 15) is 0 Å². The molecule has 0 radical (unpaired) electrons. The molecule has 1 heterocycles. The number of aromatic nitrogens is 2. The molecule has 3 nitrogen and oxygen atoms in total. The zero-order valence-corrected chi connectivity index (χ0v) is 10.6. The zero-order valence-electron chi connectivity index (χ0n) is 8.97. The molecular weight excluding hydrogens is 266 g/mol. The van der Waals surface area contributed by atoms with Gasteiger partial charge in [0, 0.05) is 30.5 Å². The quantitative estimate of drug-likeness (QED) is 0.808. The Labute approximate surface area is 103 Å². The lowest BCUT2D eigenvalue weighted by molar-refractivity contribution is 1.03. The number of rotatable bonds is 3. The molecule has 0 aliphatic rings. The highest BCUT2D eigenvalue weighted by Gasteiger charge is 2.05. The zero-order chi connectivity index (χ0) is 11.4. The molecule has 2 rings (SSSR count). The lowest BCUT2D eigenvalue weighted by atomic mass is 10.3. The third-order valence-corrected chi connectivity index (χ3v) is 2.94. The predicted molar refractivity (Wildman–Crippen MR) is 69.2 cm³/mol. The minimum atomic E-state index is 0.705. The van der Waals surface area contributed by atoms with Gasteiger partial charge in [0.25, 0.3) is 0 Å². The van der Waals surface area contributed by atoms with Crippen LogP contribution in [0.5, 0.6) is 0 Å². The third-order valence-electron chi connectivity index (χ3n) is 2.29. The Morgan fingerprint density at radius 1 is 1.12 bits per heavy atom. The highest BCUT2D eigenvalue weighted by Crippen LogP contribution is 2.18. The van der Waals surface area contributed by atoms with Crippen molar-refractivity contribution in [3.8, 4) is 0 Å². The molecule has 0 N–H and O–H groups in total. The van der Waals surface area contributed by atoms with Crippen molar-refractivity contribution in [2.45, 2.75) is 5.33 Å². The first-order chi connectivity index (χ1) is 7.81. The summed E-state index contributed by atoms with van der Waals surface area (Å²) < 4.78 is 0. The van der Waals surface area contributed by atoms with Crippen LogP contribution in [0, 0.1) is 0 Å². The van der Waals surface area contributed by atoms with E-state index in [2.05, 4.69) is 25.9 Å². The summed E-state index contributed by atoms with van der Waals surface area (Å²) in [5, 5.41) is 0.780. The molecule has 4 heteroatoms. The van der Waals surface area contributed by atoms with Crippen LogP contribution >= 0.6 is 15.9 Å². The van der Waals surface area contributed by atoms with Crippen molar-refractivity contribution in [1.82, 2.24) is 9.97 Å². The number of hydrogen-bond donors (Lipinski definition) is 0. The molecule has 1 aromatic carbocycles. The van der Waals surface area contributed by atoms with Crippen LogP contribution in [0.2, 0.25) is 0 Å². The summed E-state index contributed by atoms with van der Waals surface area (Å²) in [7, 11) is 1.96. The molecule has 0 aliphatic carbocycles. The molecule has 0 bridgehead atoms. The SMILES string of the molecule is CN(c1ccccc1)c1ncc(CBr)cn1. The van der Waals surface area contributed by atoms with Crippen LogP contribution in [0.3, 0.4) is 0 Å². The minimum Gasteiger partial charge on any atom is -0.314 e. The average molecular weight is 278 g/mol. The molecule has 2 aromatic rings. The third kappa shape index (κ3) is 2.39. The fourth-order valence-electron chi connectivity index (χ4n) is 1.36. The Hall–Kier alpha value is -1.42. The maximum Gasteiger partial charge on any atom is 0.229 e. The molecule has 82 valence electrons. The van der Waals surface area contributed by atoms with E-state index in [0.717, 1.165) is 16.6 Å². The second-order valence-corrected chi connectivity index (χ2v) is 3.98. The summed E-state index contributed by atoms with van der Waals surface area (Å²) in [6.45, 7) is 0. The summed E-state index contributed by atoms with van der Waals surface area (Å²) in [6.07, 6.45) is 3.66. The molecular formula is C12H12BrN3. The summed E-state index contributed by atoms with van der Waals surface area (Å²) >= 11 is 3.37. The summed E-state index contributed by atoms with van der Waals surface area (Å²) in [6, 6.07) is 10.0. The fraction of sp³-hybridized carbons (Fsp3) is 0.167. The van der Waals surface area contributed by atoms with Crippen molar-refractivity contribution in [2.75, 3.05) is 11.9 Å². The number of para-hydroxylation sites is 1. The number of anilines is 2. The van der Waals surface area contributed by atoms with Crippen molar-refractivity contribution in [1.29, 1.82) is 0 Å². The second-order valence-electron chi connectivity index (χ2n) is 3.42. The molecule has 0 saturated heterocycles. The molecule has 0 atom stereocenters. The summed E-state index contributed by atoms with van der Waals surface area (Å²) in [4.78, 5) is 10.6. The van der Waals surface area contributed by atoms with Gasteiger partial charge >= 0.3 is 0 Å². The van der Waals surface area contributed by atoms with E-state index in [4.69, 9.17) is 0 Å². The lowest BCUT2D eigenvalue weighted by Gasteiger charge is -2.16. The maximum atomic E-state index is 4.31. The summed E-state index contributed by atoms with van der Waals surface area (Å²) in [5.41, 5.74) is 2.15. The van der Waals surface area contributed by atoms with Gasteiger partial charge in [-0.1, -0.05) is 34.1 Å². The Kier molecular flexibility index (Phi) is 3.51. The summed E-state index contributed by atoms with van der Waals surface area (Å²) in [5.74, 6) is 0.705. The van der Waals surface area contributed by atoms with Crippen LogP contribution in [0.15, 0.2) is 42.7 Å². The Balaban J connectivity index is 2.24. The van der Waals surface area contributed by atoms with Crippen LogP contribution in [0.4, 0.5) is 11.6 Å². The van der Waals surface area contributed by atoms with E-state index in [0.29, 0.717) is 5.95 Å². The smallest absolute Gasteiger partial charge is 0.229 e. The van der Waals surface area contributed by atoms with E-state index in [1.165, 1.54) is 0 Å². The van der Waals surface area contributed by atoms with Gasteiger partial charge in [0.15, 0.2) is 0 Å². The number of halogens is 1. The number of alkyl halides is 1. The van der Waals surface area contributed by atoms with Crippen LogP contribution in [0.1, 0.15) is 5.56 Å². The Bertz CT molecular complexity index is 442. The Morgan fingerprint density at radius 3 is 2.31 bits per heavy atom. The minimum absolute atomic E-state index is 0.705. The van der Waals surface area contributed by atoms with Gasteiger partial charge in [-0.3, -0.25) is 0 Å². The largest absolute Gasteiger partial charge is 0.314 e. The average Bonchev–Trinajstić information content (AvgIpc) is 2.39. The first kappa shape index (κ1) is 11.1. The molecule has 0 saturated carbocycles. The maximum absolute atomic E-state index is 4.31. The van der Waals surface area contributed by atoms with Crippen molar-refractivity contribution in [3.05, 3.63) is 48.3 Å². The number of benzene rings is 1. The van der Waals surface area contributed by atoms with Gasteiger partial charge in [0.05, 0.1) is 0 Å². The molecule has 1 aromatic heterocycles. The number of nitrogens with zero attached hydrogens (tertiary/aromatic N) is 3. The van der Waals surface area contributed by atoms with Crippen LogP contribution in [-0.2, 0) is 5.33 Å². The topological polar surface area (TPSA) is 29.0 Å². The highest BCUT2D eigenvalue weighted by molar-refractivity contribution is 9.08. The molecule has 0 aliphatic heterocycles. The molecule has 16 heavy (non-hydrogen) atoms. The van der Waals surface area contributed by atoms with Crippen LogP contribution < -0.4 is 4.90 Å². The van der Waals surface area contributed by atoms with Gasteiger partial charge in [-0.15, -0.1) is 0 Å². The van der Waals surface area contributed by atoms with E-state index >= 15 is 0 Å². The predicted octanol–water partition coefficient (Wildman–Crippen LogP) is 3.14. The van der Waals surface area contributed by atoms with Crippen molar-refractivity contribution in [3.63, 3.8) is 0 Å². The van der Waals surface area contributed by atoms with Crippen LogP contribution in [0.25, 0.3) is 0 Å². The van der Waals surface area contributed by atoms with Gasteiger partial charge in [-0.05, 0) is 17.7 Å². The van der Waals surface area contributed by atoms with Gasteiger partial charge < -0.3 is 4.90 Å². The van der Waals surface area contributed by atoms with Gasteiger partial charge in [0.2, 0.25) is 5.95 Å². The molecule has 0 amide bonds. The fourth-order valence-corrected chi connectivity index (χ4v) is 1.65. The number of hydrogen-bond acceptors (Lipinski definition) is 3. The Morgan fingerprint density at radius 2 is 1.75 bits per heavy atom. The van der Waals surface area contributed by atoms with Gasteiger partial charge in [-0.2, -0.15) is 0 Å². The highest BCUT2D eigenvalue weighted by atomic mass is 79.9. The lowest BCUT2D eigenvalue weighted by Crippen LogP contribution is -2.12. The van der Waals surface area contributed by atoms with E-state index < -0.39 is 0 Å². The molecule has 0 unspecified atom stereocenters. The van der Waals surface area contributed by atoms with E-state index in [1.54, 1.807) is 0 Å². The normalized spacial score (nSPS) is 10.1. The monoisotopic (exact) mass is 277 g/mol. The first-order valence-corrected chi connectivity index (χ1v) is 6.09. The molecule has 0 fully saturated rings. The van der Waals surface area contributed by atoms with E-state index in [-0.39, 0.29) is 0 Å². The van der Waals surface area contributed by atoms with Crippen molar-refractivity contribution >= 4 is 27.6 Å².